The van der Waals surface area contributed by atoms with Crippen LogP contribution in [0.2, 0.25) is 20.1 Å². The van der Waals surface area contributed by atoms with Gasteiger partial charge in [0.25, 0.3) is 5.91 Å². The number of primary amides is 1. The van der Waals surface area contributed by atoms with Crippen molar-refractivity contribution in [2.45, 2.75) is 59.2 Å². The van der Waals surface area contributed by atoms with Crippen molar-refractivity contribution in [3.63, 3.8) is 0 Å². The second-order valence-electron chi connectivity index (χ2n) is 15.2. The standard InChI is InChI=1S/C26H28Cl2N2O4S.C21H19Cl2N3O3S/c1-5-33-24(32)23-22(18-11-12-19(27)20(28)15-18)29-25(35-23)30(16-17-9-7-6-8-10-17)14-13-21(31)34-26(2,3)4;1-29-17(27)9-10-26(12-13-5-3-2-4-6-13)21-25-18(19(30-21)20(24)28)14-7-8-15(22)16(23)11-14/h6-12,15H,5,13-14,16H2,1-4H3;2-8,11H,9-10,12H2,1H3,(H2,24,28). The van der Waals surface area contributed by atoms with Crippen molar-refractivity contribution in [3.05, 3.63) is 138 Å². The molecule has 12 nitrogen and oxygen atoms in total. The number of halogens is 4. The number of ether oxygens (including phenoxy) is 3. The second kappa shape index (κ2) is 23.8. The van der Waals surface area contributed by atoms with Crippen molar-refractivity contribution < 1.29 is 33.4 Å². The highest BCUT2D eigenvalue weighted by Gasteiger charge is 2.26. The van der Waals surface area contributed by atoms with E-state index in [-0.39, 0.29) is 31.4 Å². The van der Waals surface area contributed by atoms with Crippen molar-refractivity contribution in [2.75, 3.05) is 36.6 Å². The summed E-state index contributed by atoms with van der Waals surface area (Å²) in [4.78, 5) is 63.0. The Kier molecular flexibility index (Phi) is 18.6. The number of anilines is 2. The van der Waals surface area contributed by atoms with Crippen LogP contribution in [-0.4, -0.2) is 66.2 Å². The average Bonchev–Trinajstić information content (AvgIpc) is 3.93. The summed E-state index contributed by atoms with van der Waals surface area (Å²) in [5.41, 5.74) is 9.29. The quantitative estimate of drug-likeness (QED) is 0.0686. The maximum Gasteiger partial charge on any atom is 0.350 e. The van der Waals surface area contributed by atoms with Gasteiger partial charge in [0.2, 0.25) is 0 Å². The molecule has 65 heavy (non-hydrogen) atoms. The van der Waals surface area contributed by atoms with E-state index in [9.17, 15) is 19.2 Å². The third kappa shape index (κ3) is 14.9. The first kappa shape index (κ1) is 50.8. The summed E-state index contributed by atoms with van der Waals surface area (Å²) in [6, 6.07) is 29.7. The number of hydrogen-bond donors (Lipinski definition) is 1. The monoisotopic (exact) mass is 997 g/mol. The number of rotatable bonds is 17. The number of amides is 1. The molecule has 18 heteroatoms. The first-order chi connectivity index (χ1) is 31.0. The van der Waals surface area contributed by atoms with Gasteiger partial charge in [-0.2, -0.15) is 0 Å². The van der Waals surface area contributed by atoms with Crippen LogP contribution in [0.3, 0.4) is 0 Å². The highest BCUT2D eigenvalue weighted by Crippen LogP contribution is 2.38. The third-order valence-electron chi connectivity index (χ3n) is 9.10. The molecule has 4 aromatic carbocycles. The van der Waals surface area contributed by atoms with Crippen LogP contribution in [0.4, 0.5) is 10.3 Å². The molecule has 0 aliphatic heterocycles. The number of benzene rings is 4. The molecule has 0 radical (unpaired) electrons. The second-order valence-corrected chi connectivity index (χ2v) is 18.8. The number of nitrogens with two attached hydrogens (primary N) is 1. The molecule has 0 saturated carbocycles. The molecular formula is C47H47Cl4N5O7S2. The fourth-order valence-corrected chi connectivity index (χ4v) is 8.68. The molecule has 2 aromatic heterocycles. The molecular weight excluding hydrogens is 952 g/mol. The number of esters is 3. The predicted molar refractivity (Wildman–Crippen MR) is 262 cm³/mol. The van der Waals surface area contributed by atoms with Gasteiger partial charge in [0, 0.05) is 37.3 Å². The van der Waals surface area contributed by atoms with E-state index in [0.717, 1.165) is 11.1 Å². The summed E-state index contributed by atoms with van der Waals surface area (Å²) in [6.45, 7) is 9.23. The van der Waals surface area contributed by atoms with Gasteiger partial charge in [-0.3, -0.25) is 14.4 Å². The zero-order valence-electron chi connectivity index (χ0n) is 36.2. The van der Waals surface area contributed by atoms with Crippen LogP contribution in [0.15, 0.2) is 97.1 Å². The van der Waals surface area contributed by atoms with E-state index in [4.69, 9.17) is 71.3 Å². The van der Waals surface area contributed by atoms with Gasteiger partial charge < -0.3 is 29.7 Å². The van der Waals surface area contributed by atoms with E-state index in [1.807, 2.05) is 91.2 Å². The molecule has 6 rings (SSSR count). The van der Waals surface area contributed by atoms with Crippen molar-refractivity contribution >= 4 is 103 Å². The molecule has 1 amide bonds. The summed E-state index contributed by atoms with van der Waals surface area (Å²) in [7, 11) is 1.35. The Labute approximate surface area is 406 Å². The Hall–Kier alpha value is -5.22. The molecule has 0 atom stereocenters. The molecule has 2 heterocycles. The first-order valence-electron chi connectivity index (χ1n) is 20.2. The summed E-state index contributed by atoms with van der Waals surface area (Å²) in [5, 5.41) is 2.68. The molecule has 0 fully saturated rings. The zero-order chi connectivity index (χ0) is 47.3. The normalized spacial score (nSPS) is 11.0. The topological polar surface area (TPSA) is 154 Å². The molecule has 0 aliphatic rings. The average molecular weight is 1000 g/mol. The van der Waals surface area contributed by atoms with Crippen LogP contribution in [0.25, 0.3) is 22.5 Å². The summed E-state index contributed by atoms with van der Waals surface area (Å²) >= 11 is 26.9. The Bertz CT molecular complexity index is 2590. The lowest BCUT2D eigenvalue weighted by Crippen LogP contribution is -2.29. The molecule has 0 unspecified atom stereocenters. The van der Waals surface area contributed by atoms with Gasteiger partial charge in [0.05, 0.1) is 58.0 Å². The predicted octanol–water partition coefficient (Wildman–Crippen LogP) is 11.8. The summed E-state index contributed by atoms with van der Waals surface area (Å²) < 4.78 is 15.5. The Balaban J connectivity index is 0.000000247. The number of nitrogens with zero attached hydrogens (tertiary/aromatic N) is 4. The van der Waals surface area contributed by atoms with Crippen LogP contribution >= 0.6 is 69.1 Å². The maximum absolute atomic E-state index is 12.8. The van der Waals surface area contributed by atoms with Crippen LogP contribution in [0.1, 0.15) is 71.0 Å². The Morgan fingerprint density at radius 3 is 1.51 bits per heavy atom. The van der Waals surface area contributed by atoms with E-state index in [1.54, 1.807) is 43.3 Å². The van der Waals surface area contributed by atoms with Gasteiger partial charge in [0.15, 0.2) is 10.3 Å². The Morgan fingerprint density at radius 2 is 1.09 bits per heavy atom. The zero-order valence-corrected chi connectivity index (χ0v) is 40.9. The number of carbonyl (C=O) groups is 4. The van der Waals surface area contributed by atoms with Crippen LogP contribution < -0.4 is 15.5 Å². The van der Waals surface area contributed by atoms with Crippen molar-refractivity contribution in [2.24, 2.45) is 5.73 Å². The Morgan fingerprint density at radius 1 is 0.646 bits per heavy atom. The highest BCUT2D eigenvalue weighted by atomic mass is 35.5. The molecule has 0 spiro atoms. The van der Waals surface area contributed by atoms with E-state index in [0.29, 0.717) is 88.8 Å². The molecule has 0 bridgehead atoms. The van der Waals surface area contributed by atoms with Crippen LogP contribution in [0, 0.1) is 0 Å². The lowest BCUT2D eigenvalue weighted by atomic mass is 10.1. The fourth-order valence-electron chi connectivity index (χ4n) is 6.11. The molecule has 2 N–H and O–H groups in total. The van der Waals surface area contributed by atoms with Crippen LogP contribution in [-0.2, 0) is 36.9 Å². The first-order valence-corrected chi connectivity index (χ1v) is 23.4. The van der Waals surface area contributed by atoms with E-state index >= 15 is 0 Å². The van der Waals surface area contributed by atoms with E-state index in [2.05, 4.69) is 4.98 Å². The number of aromatic nitrogens is 2. The lowest BCUT2D eigenvalue weighted by Gasteiger charge is -2.24. The van der Waals surface area contributed by atoms with Crippen molar-refractivity contribution in [3.8, 4) is 22.5 Å². The molecule has 0 saturated heterocycles. The molecule has 6 aromatic rings. The van der Waals surface area contributed by atoms with E-state index < -0.39 is 17.5 Å². The summed E-state index contributed by atoms with van der Waals surface area (Å²) in [5.74, 6) is -1.69. The smallest absolute Gasteiger partial charge is 0.350 e. The minimum Gasteiger partial charge on any atom is -0.469 e. The number of carbonyl (C=O) groups excluding carboxylic acids is 4. The van der Waals surface area contributed by atoms with Gasteiger partial charge in [-0.1, -0.05) is 142 Å². The number of thiazole rings is 2. The van der Waals surface area contributed by atoms with Gasteiger partial charge in [-0.05, 0) is 63.1 Å². The fraction of sp³-hybridized carbons (Fsp3) is 0.277. The van der Waals surface area contributed by atoms with Gasteiger partial charge >= 0.3 is 17.9 Å². The summed E-state index contributed by atoms with van der Waals surface area (Å²) in [6.07, 6.45) is 0.345. The highest BCUT2D eigenvalue weighted by molar-refractivity contribution is 7.18. The van der Waals surface area contributed by atoms with Crippen molar-refractivity contribution in [1.82, 2.24) is 9.97 Å². The van der Waals surface area contributed by atoms with Gasteiger partial charge in [0.1, 0.15) is 15.4 Å². The minimum atomic E-state index is -0.590. The van der Waals surface area contributed by atoms with Crippen molar-refractivity contribution in [1.29, 1.82) is 0 Å². The van der Waals surface area contributed by atoms with Crippen LogP contribution in [0.5, 0.6) is 0 Å². The van der Waals surface area contributed by atoms with Gasteiger partial charge in [-0.25, -0.2) is 14.8 Å². The van der Waals surface area contributed by atoms with E-state index in [1.165, 1.54) is 29.8 Å². The minimum absolute atomic E-state index is 0.167. The third-order valence-corrected chi connectivity index (χ3v) is 12.8. The number of methoxy groups -OCH3 is 1. The largest absolute Gasteiger partial charge is 0.469 e. The molecule has 342 valence electrons. The number of hydrogen-bond acceptors (Lipinski definition) is 13. The van der Waals surface area contributed by atoms with Gasteiger partial charge in [-0.15, -0.1) is 0 Å². The SMILES string of the molecule is CCOC(=O)c1sc(N(CCC(=O)OC(C)(C)C)Cc2ccccc2)nc1-c1ccc(Cl)c(Cl)c1.COC(=O)CCN(Cc1ccccc1)c1nc(-c2ccc(Cl)c(Cl)c2)c(C(N)=O)s1. The molecule has 0 aliphatic carbocycles. The lowest BCUT2D eigenvalue weighted by molar-refractivity contribution is -0.154. The maximum atomic E-state index is 12.8.